The lowest BCUT2D eigenvalue weighted by molar-refractivity contribution is -0.135. The monoisotopic (exact) mass is 545 g/mol. The van der Waals surface area contributed by atoms with E-state index < -0.39 is 36.1 Å². The highest BCUT2D eigenvalue weighted by atomic mass is 16.7. The molecule has 3 rings (SSSR count). The topological polar surface area (TPSA) is 106 Å². The number of amides is 2. The lowest BCUT2D eigenvalue weighted by Gasteiger charge is -2.42. The summed E-state index contributed by atoms with van der Waals surface area (Å²) in [5.74, 6) is 0.426. The number of aromatic nitrogens is 2. The highest BCUT2D eigenvalue weighted by Gasteiger charge is 2.52. The number of hydrogen-bond donors (Lipinski definition) is 1. The van der Waals surface area contributed by atoms with E-state index in [-0.39, 0.29) is 23.9 Å². The van der Waals surface area contributed by atoms with Crippen LogP contribution in [0.2, 0.25) is 0 Å². The average Bonchev–Trinajstić information content (AvgIpc) is 3.03. The van der Waals surface area contributed by atoms with E-state index in [4.69, 9.17) is 24.0 Å². The summed E-state index contributed by atoms with van der Waals surface area (Å²) in [5.41, 5.74) is -0.745. The highest BCUT2D eigenvalue weighted by Crippen LogP contribution is 2.36. The van der Waals surface area contributed by atoms with Gasteiger partial charge in [-0.1, -0.05) is 13.8 Å². The van der Waals surface area contributed by atoms with E-state index in [1.54, 1.807) is 33.2 Å². The van der Waals surface area contributed by atoms with Crippen LogP contribution < -0.4 is 15.7 Å². The minimum absolute atomic E-state index is 0.0414. The van der Waals surface area contributed by atoms with Crippen LogP contribution in [0.15, 0.2) is 12.4 Å². The first-order valence-corrected chi connectivity index (χ1v) is 14.2. The molecule has 1 aromatic rings. The van der Waals surface area contributed by atoms with Crippen molar-refractivity contribution in [3.8, 4) is 0 Å². The van der Waals surface area contributed by atoms with E-state index in [1.165, 1.54) is 0 Å². The number of nitrogens with one attached hydrogen (secondary N) is 1. The minimum atomic E-state index is -0.665. The fraction of sp³-hybridized carbons (Fsp3) is 0.786. The second kappa shape index (κ2) is 11.6. The maximum atomic E-state index is 13.6. The van der Waals surface area contributed by atoms with E-state index in [2.05, 4.69) is 24.1 Å². The standard InChI is InChI=1S/C28H48BN5O5/c1-18(2)22(32-25(36)37-26(5,6)7)23(35)33-14-12-13-21(17-33)34(19(3)4)24-30-15-20(16-31-24)29-38-27(8,9)28(10,11)39-29/h15-16,18-19,21-22H,12-14,17H2,1-11H3,(H,32,36)/t21-,22+/m1/s1. The largest absolute Gasteiger partial charge is 0.498 e. The summed E-state index contributed by atoms with van der Waals surface area (Å²) in [7, 11) is -0.523. The first kappa shape index (κ1) is 31.1. The Morgan fingerprint density at radius 3 is 2.15 bits per heavy atom. The molecular weight excluding hydrogens is 497 g/mol. The Morgan fingerprint density at radius 2 is 1.67 bits per heavy atom. The van der Waals surface area contributed by atoms with Crippen LogP contribution in [-0.4, -0.2) is 82.0 Å². The Hall–Kier alpha value is -2.40. The SMILES string of the molecule is CC(C)[C@H](NC(=O)OC(C)(C)C)C(=O)N1CCC[C@@H](N(c2ncc(B3OC(C)(C)C(C)(C)O3)cn2)C(C)C)C1. The molecule has 2 saturated heterocycles. The molecule has 2 aliphatic heterocycles. The molecule has 0 aliphatic carbocycles. The van der Waals surface area contributed by atoms with E-state index in [9.17, 15) is 9.59 Å². The molecule has 2 fully saturated rings. The number of nitrogens with zero attached hydrogens (tertiary/aromatic N) is 4. The maximum Gasteiger partial charge on any atom is 0.498 e. The number of carbonyl (C=O) groups excluding carboxylic acids is 2. The fourth-order valence-corrected chi connectivity index (χ4v) is 4.91. The molecule has 0 radical (unpaired) electrons. The van der Waals surface area contributed by atoms with Crippen molar-refractivity contribution in [3.05, 3.63) is 12.4 Å². The van der Waals surface area contributed by atoms with Crippen molar-refractivity contribution < 1.29 is 23.6 Å². The minimum Gasteiger partial charge on any atom is -0.444 e. The predicted molar refractivity (Wildman–Crippen MR) is 153 cm³/mol. The van der Waals surface area contributed by atoms with Crippen molar-refractivity contribution in [3.63, 3.8) is 0 Å². The van der Waals surface area contributed by atoms with Gasteiger partial charge >= 0.3 is 13.2 Å². The van der Waals surface area contributed by atoms with Crippen molar-refractivity contribution in [2.24, 2.45) is 5.92 Å². The summed E-state index contributed by atoms with van der Waals surface area (Å²) in [6.07, 6.45) is 4.72. The van der Waals surface area contributed by atoms with Crippen LogP contribution in [0.3, 0.4) is 0 Å². The Labute approximate surface area is 234 Å². The van der Waals surface area contributed by atoms with Crippen LogP contribution in [0.5, 0.6) is 0 Å². The molecule has 2 atom stereocenters. The number of alkyl carbamates (subject to hydrolysis) is 1. The molecular formula is C28H48BN5O5. The molecule has 3 heterocycles. The maximum absolute atomic E-state index is 13.6. The Bertz CT molecular complexity index is 993. The molecule has 0 bridgehead atoms. The summed E-state index contributed by atoms with van der Waals surface area (Å²) >= 11 is 0. The third kappa shape index (κ3) is 7.42. The molecule has 218 valence electrons. The van der Waals surface area contributed by atoms with Gasteiger partial charge in [-0.25, -0.2) is 14.8 Å². The predicted octanol–water partition coefficient (Wildman–Crippen LogP) is 3.53. The van der Waals surface area contributed by atoms with Crippen LogP contribution in [0.4, 0.5) is 10.7 Å². The second-order valence-corrected chi connectivity index (χ2v) is 13.4. The zero-order valence-electron chi connectivity index (χ0n) is 25.7. The summed E-state index contributed by atoms with van der Waals surface area (Å²) in [5, 5.41) is 2.80. The van der Waals surface area contributed by atoms with Gasteiger partial charge in [0.05, 0.1) is 11.2 Å². The van der Waals surface area contributed by atoms with Crippen molar-refractivity contribution >= 4 is 30.5 Å². The first-order chi connectivity index (χ1) is 17.9. The average molecular weight is 546 g/mol. The Kier molecular flexibility index (Phi) is 9.27. The molecule has 0 saturated carbocycles. The normalized spacial score (nSPS) is 21.7. The summed E-state index contributed by atoms with van der Waals surface area (Å²) in [6, 6.07) is -0.505. The molecule has 2 amide bonds. The molecule has 2 aliphatic rings. The molecule has 0 aromatic carbocycles. The summed E-state index contributed by atoms with van der Waals surface area (Å²) in [6.45, 7) is 22.7. The zero-order valence-corrected chi connectivity index (χ0v) is 25.7. The molecule has 39 heavy (non-hydrogen) atoms. The van der Waals surface area contributed by atoms with Gasteiger partial charge in [0, 0.05) is 43.0 Å². The van der Waals surface area contributed by atoms with E-state index in [0.717, 1.165) is 18.3 Å². The number of anilines is 1. The van der Waals surface area contributed by atoms with Crippen molar-refractivity contribution in [1.82, 2.24) is 20.2 Å². The van der Waals surface area contributed by atoms with Crippen molar-refractivity contribution in [1.29, 1.82) is 0 Å². The van der Waals surface area contributed by atoms with Gasteiger partial charge in [0.2, 0.25) is 11.9 Å². The highest BCUT2D eigenvalue weighted by molar-refractivity contribution is 6.61. The van der Waals surface area contributed by atoms with E-state index in [1.807, 2.05) is 46.4 Å². The lowest BCUT2D eigenvalue weighted by atomic mass is 9.81. The number of piperidine rings is 1. The van der Waals surface area contributed by atoms with Gasteiger partial charge in [-0.05, 0) is 81.1 Å². The van der Waals surface area contributed by atoms with Crippen LogP contribution in [-0.2, 0) is 18.8 Å². The van der Waals surface area contributed by atoms with Gasteiger partial charge in [-0.3, -0.25) is 4.79 Å². The van der Waals surface area contributed by atoms with Crippen LogP contribution in [0.25, 0.3) is 0 Å². The number of hydrogen-bond acceptors (Lipinski definition) is 8. The van der Waals surface area contributed by atoms with Crippen LogP contribution in [0, 0.1) is 5.92 Å². The molecule has 11 heteroatoms. The van der Waals surface area contributed by atoms with Crippen LogP contribution in [0.1, 0.15) is 89.0 Å². The van der Waals surface area contributed by atoms with Crippen LogP contribution >= 0.6 is 0 Å². The quantitative estimate of drug-likeness (QED) is 0.519. The Morgan fingerprint density at radius 1 is 1.10 bits per heavy atom. The second-order valence-electron chi connectivity index (χ2n) is 13.4. The smallest absolute Gasteiger partial charge is 0.444 e. The van der Waals surface area contributed by atoms with E-state index >= 15 is 0 Å². The lowest BCUT2D eigenvalue weighted by Crippen LogP contribution is -2.58. The first-order valence-electron chi connectivity index (χ1n) is 14.2. The van der Waals surface area contributed by atoms with Crippen molar-refractivity contribution in [2.45, 2.75) is 124 Å². The van der Waals surface area contributed by atoms with Gasteiger partial charge in [0.1, 0.15) is 11.6 Å². The Balaban J connectivity index is 1.73. The van der Waals surface area contributed by atoms with Gasteiger partial charge in [-0.15, -0.1) is 0 Å². The zero-order chi connectivity index (χ0) is 29.3. The molecule has 1 N–H and O–H groups in total. The molecule has 0 spiro atoms. The number of carbonyl (C=O) groups is 2. The summed E-state index contributed by atoms with van der Waals surface area (Å²) in [4.78, 5) is 39.5. The third-order valence-corrected chi connectivity index (χ3v) is 7.68. The number of rotatable bonds is 7. The van der Waals surface area contributed by atoms with Gasteiger partial charge in [0.25, 0.3) is 0 Å². The number of ether oxygens (including phenoxy) is 1. The third-order valence-electron chi connectivity index (χ3n) is 7.68. The van der Waals surface area contributed by atoms with Crippen molar-refractivity contribution in [2.75, 3.05) is 18.0 Å². The van der Waals surface area contributed by atoms with Gasteiger partial charge in [-0.2, -0.15) is 0 Å². The summed E-state index contributed by atoms with van der Waals surface area (Å²) < 4.78 is 17.7. The fourth-order valence-electron chi connectivity index (χ4n) is 4.91. The van der Waals surface area contributed by atoms with Gasteiger partial charge in [0.15, 0.2) is 0 Å². The molecule has 1 aromatic heterocycles. The molecule has 0 unspecified atom stereocenters. The van der Waals surface area contributed by atoms with E-state index in [0.29, 0.717) is 19.0 Å². The number of likely N-dealkylation sites (tertiary alicyclic amines) is 1. The van der Waals surface area contributed by atoms with Gasteiger partial charge < -0.3 is 29.2 Å². The molecule has 10 nitrogen and oxygen atoms in total.